The van der Waals surface area contributed by atoms with E-state index in [4.69, 9.17) is 0 Å². The highest BCUT2D eigenvalue weighted by molar-refractivity contribution is 5.82. The number of nitrogens with one attached hydrogen (secondary N) is 2. The largest absolute Gasteiger partial charge is 0.350 e. The van der Waals surface area contributed by atoms with Crippen LogP contribution in [0.5, 0.6) is 0 Å². The lowest BCUT2D eigenvalue weighted by atomic mass is 9.77. The van der Waals surface area contributed by atoms with Crippen molar-refractivity contribution in [1.82, 2.24) is 10.6 Å². The second-order valence-corrected chi connectivity index (χ2v) is 6.69. The third kappa shape index (κ3) is 3.44. The van der Waals surface area contributed by atoms with E-state index in [1.807, 2.05) is 20.8 Å². The fraction of sp³-hybridized carbons (Fsp3) is 0.929. The van der Waals surface area contributed by atoms with Gasteiger partial charge >= 0.3 is 0 Å². The minimum absolute atomic E-state index is 0.0357. The van der Waals surface area contributed by atoms with Gasteiger partial charge in [0, 0.05) is 11.6 Å². The fourth-order valence-corrected chi connectivity index (χ4v) is 3.16. The normalized spacial score (nSPS) is 33.9. The maximum atomic E-state index is 12.1. The van der Waals surface area contributed by atoms with Crippen molar-refractivity contribution < 1.29 is 4.79 Å². The Morgan fingerprint density at radius 1 is 1.12 bits per heavy atom. The summed E-state index contributed by atoms with van der Waals surface area (Å²) in [6.45, 7) is 6.12. The molecule has 2 aliphatic rings. The summed E-state index contributed by atoms with van der Waals surface area (Å²) < 4.78 is 0. The monoisotopic (exact) mass is 238 g/mol. The maximum Gasteiger partial charge on any atom is 0.237 e. The molecule has 1 amide bonds. The lowest BCUT2D eigenvalue weighted by Crippen LogP contribution is -2.57. The average Bonchev–Trinajstić information content (AvgIpc) is 2.26. The molecule has 0 radical (unpaired) electrons. The summed E-state index contributed by atoms with van der Waals surface area (Å²) in [5.41, 5.74) is -0.123. The highest BCUT2D eigenvalue weighted by Gasteiger charge is 2.35. The smallest absolute Gasteiger partial charge is 0.237 e. The predicted molar refractivity (Wildman–Crippen MR) is 69.8 cm³/mol. The molecule has 1 aliphatic heterocycles. The number of amides is 1. The van der Waals surface area contributed by atoms with Crippen molar-refractivity contribution in [2.45, 2.75) is 76.9 Å². The van der Waals surface area contributed by atoms with E-state index in [1.54, 1.807) is 0 Å². The Morgan fingerprint density at radius 2 is 1.82 bits per heavy atom. The van der Waals surface area contributed by atoms with Crippen molar-refractivity contribution in [1.29, 1.82) is 0 Å². The summed E-state index contributed by atoms with van der Waals surface area (Å²) in [6.07, 6.45) is 7.53. The molecule has 0 spiro atoms. The van der Waals surface area contributed by atoms with Crippen LogP contribution in [0.3, 0.4) is 0 Å². The Bertz CT molecular complexity index is 282. The number of rotatable bonds is 1. The zero-order valence-corrected chi connectivity index (χ0v) is 11.4. The van der Waals surface area contributed by atoms with E-state index < -0.39 is 0 Å². The van der Waals surface area contributed by atoms with Gasteiger partial charge in [-0.05, 0) is 52.4 Å². The molecular formula is C14H26N2O. The maximum absolute atomic E-state index is 12.1. The van der Waals surface area contributed by atoms with E-state index in [2.05, 4.69) is 10.6 Å². The minimum Gasteiger partial charge on any atom is -0.350 e. The molecule has 3 nitrogen and oxygen atoms in total. The van der Waals surface area contributed by atoms with Crippen molar-refractivity contribution in [3.8, 4) is 0 Å². The third-order valence-corrected chi connectivity index (χ3v) is 3.97. The standard InChI is InChI=1S/C14H26N2O/c1-14(2,3)16-13(17)12-9-8-10-6-4-5-7-11(10)15-12/h10-12,15H,4-9H2,1-3H3,(H,16,17)/t10-,11-,12-/m0/s1. The minimum atomic E-state index is -0.123. The average molecular weight is 238 g/mol. The molecule has 1 heterocycles. The summed E-state index contributed by atoms with van der Waals surface area (Å²) in [4.78, 5) is 12.1. The Hall–Kier alpha value is -0.570. The zero-order valence-electron chi connectivity index (χ0n) is 11.4. The number of fused-ring (bicyclic) bond motifs is 1. The summed E-state index contributed by atoms with van der Waals surface area (Å²) in [6, 6.07) is 0.627. The molecule has 1 aliphatic carbocycles. The van der Waals surface area contributed by atoms with Gasteiger partial charge in [0.2, 0.25) is 5.91 Å². The van der Waals surface area contributed by atoms with E-state index in [-0.39, 0.29) is 17.5 Å². The molecule has 1 saturated carbocycles. The molecular weight excluding hydrogens is 212 g/mol. The molecule has 0 unspecified atom stereocenters. The van der Waals surface area contributed by atoms with Gasteiger partial charge in [-0.2, -0.15) is 0 Å². The van der Waals surface area contributed by atoms with E-state index in [0.717, 1.165) is 12.3 Å². The van der Waals surface area contributed by atoms with E-state index in [1.165, 1.54) is 32.1 Å². The quantitative estimate of drug-likeness (QED) is 0.735. The highest BCUT2D eigenvalue weighted by atomic mass is 16.2. The first-order chi connectivity index (χ1) is 7.96. The van der Waals surface area contributed by atoms with E-state index in [0.29, 0.717) is 6.04 Å². The number of hydrogen-bond acceptors (Lipinski definition) is 2. The molecule has 3 atom stereocenters. The molecule has 1 saturated heterocycles. The van der Waals surface area contributed by atoms with Gasteiger partial charge in [0.15, 0.2) is 0 Å². The summed E-state index contributed by atoms with van der Waals surface area (Å²) in [5, 5.41) is 6.65. The van der Waals surface area contributed by atoms with Gasteiger partial charge in [0.05, 0.1) is 6.04 Å². The van der Waals surface area contributed by atoms with Gasteiger partial charge in [-0.25, -0.2) is 0 Å². The van der Waals surface area contributed by atoms with Crippen molar-refractivity contribution in [2.24, 2.45) is 5.92 Å². The first-order valence-electron chi connectivity index (χ1n) is 7.04. The second-order valence-electron chi connectivity index (χ2n) is 6.69. The van der Waals surface area contributed by atoms with Crippen LogP contribution in [-0.4, -0.2) is 23.5 Å². The first-order valence-corrected chi connectivity index (χ1v) is 7.04. The van der Waals surface area contributed by atoms with Crippen molar-refractivity contribution in [3.63, 3.8) is 0 Å². The molecule has 0 aromatic heterocycles. The van der Waals surface area contributed by atoms with Crippen molar-refractivity contribution in [2.75, 3.05) is 0 Å². The number of hydrogen-bond donors (Lipinski definition) is 2. The van der Waals surface area contributed by atoms with Gasteiger partial charge in [0.1, 0.15) is 0 Å². The number of piperidine rings is 1. The lowest BCUT2D eigenvalue weighted by Gasteiger charge is -2.40. The molecule has 3 heteroatoms. The topological polar surface area (TPSA) is 41.1 Å². The SMILES string of the molecule is CC(C)(C)NC(=O)[C@@H]1CC[C@@H]2CCCC[C@@H]2N1. The first kappa shape index (κ1) is 12.9. The number of carbonyl (C=O) groups is 1. The molecule has 0 bridgehead atoms. The van der Waals surface area contributed by atoms with Gasteiger partial charge in [-0.1, -0.05) is 12.8 Å². The van der Waals surface area contributed by atoms with Crippen LogP contribution < -0.4 is 10.6 Å². The van der Waals surface area contributed by atoms with Crippen molar-refractivity contribution >= 4 is 5.91 Å². The zero-order chi connectivity index (χ0) is 12.5. The van der Waals surface area contributed by atoms with Crippen LogP contribution >= 0.6 is 0 Å². The predicted octanol–water partition coefficient (Wildman–Crippen LogP) is 2.21. The molecule has 0 aromatic carbocycles. The van der Waals surface area contributed by atoms with Gasteiger partial charge < -0.3 is 10.6 Å². The molecule has 2 N–H and O–H groups in total. The van der Waals surface area contributed by atoms with E-state index in [9.17, 15) is 4.79 Å². The van der Waals surface area contributed by atoms with Crippen LogP contribution in [0.1, 0.15) is 59.3 Å². The Balaban J connectivity index is 1.89. The van der Waals surface area contributed by atoms with Crippen LogP contribution in [0.25, 0.3) is 0 Å². The Kier molecular flexibility index (Phi) is 3.76. The Labute approximate surface area is 105 Å². The van der Waals surface area contributed by atoms with Gasteiger partial charge in [0.25, 0.3) is 0 Å². The van der Waals surface area contributed by atoms with Crippen molar-refractivity contribution in [3.05, 3.63) is 0 Å². The number of carbonyl (C=O) groups excluding carboxylic acids is 1. The third-order valence-electron chi connectivity index (χ3n) is 3.97. The lowest BCUT2D eigenvalue weighted by molar-refractivity contribution is -0.125. The molecule has 17 heavy (non-hydrogen) atoms. The second kappa shape index (κ2) is 4.97. The molecule has 0 aromatic rings. The summed E-state index contributed by atoms with van der Waals surface area (Å²) >= 11 is 0. The molecule has 2 fully saturated rings. The van der Waals surface area contributed by atoms with Crippen LogP contribution in [0, 0.1) is 5.92 Å². The van der Waals surface area contributed by atoms with Crippen LogP contribution in [0.15, 0.2) is 0 Å². The van der Waals surface area contributed by atoms with Crippen LogP contribution in [0.2, 0.25) is 0 Å². The molecule has 98 valence electrons. The summed E-state index contributed by atoms with van der Waals surface area (Å²) in [7, 11) is 0. The van der Waals surface area contributed by atoms with Crippen LogP contribution in [-0.2, 0) is 4.79 Å². The Morgan fingerprint density at radius 3 is 2.53 bits per heavy atom. The summed E-state index contributed by atoms with van der Waals surface area (Å²) in [5.74, 6) is 1.00. The van der Waals surface area contributed by atoms with E-state index >= 15 is 0 Å². The molecule has 2 rings (SSSR count). The highest BCUT2D eigenvalue weighted by Crippen LogP contribution is 2.32. The fourth-order valence-electron chi connectivity index (χ4n) is 3.16. The van der Waals surface area contributed by atoms with Gasteiger partial charge in [-0.15, -0.1) is 0 Å². The van der Waals surface area contributed by atoms with Gasteiger partial charge in [-0.3, -0.25) is 4.79 Å². The van der Waals surface area contributed by atoms with Crippen LogP contribution in [0.4, 0.5) is 0 Å².